The minimum absolute atomic E-state index is 0.213. The van der Waals surface area contributed by atoms with Gasteiger partial charge in [-0.15, -0.1) is 0 Å². The molecule has 0 radical (unpaired) electrons. The SMILES string of the molecule is CC(=O)Nc1cccc(NC(=O)C(Cl)(Cl)Cl)c1. The molecule has 1 aromatic carbocycles. The first-order valence-corrected chi connectivity index (χ1v) is 5.68. The van der Waals surface area contributed by atoms with Crippen LogP contribution in [-0.4, -0.2) is 15.6 Å². The van der Waals surface area contributed by atoms with E-state index in [1.54, 1.807) is 24.3 Å². The fourth-order valence-electron chi connectivity index (χ4n) is 1.08. The van der Waals surface area contributed by atoms with Crippen LogP contribution in [0.5, 0.6) is 0 Å². The van der Waals surface area contributed by atoms with Crippen molar-refractivity contribution in [3.63, 3.8) is 0 Å². The van der Waals surface area contributed by atoms with Crippen molar-refractivity contribution >= 4 is 58.0 Å². The molecule has 0 aliphatic rings. The van der Waals surface area contributed by atoms with Crippen molar-refractivity contribution in [1.82, 2.24) is 0 Å². The maximum absolute atomic E-state index is 11.4. The molecule has 0 aliphatic heterocycles. The van der Waals surface area contributed by atoms with E-state index in [1.807, 2.05) is 0 Å². The van der Waals surface area contributed by atoms with Crippen LogP contribution in [-0.2, 0) is 9.59 Å². The van der Waals surface area contributed by atoms with Gasteiger partial charge in [-0.05, 0) is 18.2 Å². The van der Waals surface area contributed by atoms with Crippen LogP contribution in [0.25, 0.3) is 0 Å². The van der Waals surface area contributed by atoms with Gasteiger partial charge in [-0.2, -0.15) is 0 Å². The molecule has 0 heterocycles. The smallest absolute Gasteiger partial charge is 0.276 e. The van der Waals surface area contributed by atoms with E-state index in [9.17, 15) is 9.59 Å². The number of hydrogen-bond acceptors (Lipinski definition) is 2. The van der Waals surface area contributed by atoms with Crippen LogP contribution in [0.3, 0.4) is 0 Å². The third-order valence-corrected chi connectivity index (χ3v) is 2.21. The Labute approximate surface area is 113 Å². The molecule has 92 valence electrons. The van der Waals surface area contributed by atoms with Gasteiger partial charge in [-0.1, -0.05) is 40.9 Å². The van der Waals surface area contributed by atoms with Gasteiger partial charge < -0.3 is 10.6 Å². The van der Waals surface area contributed by atoms with Gasteiger partial charge in [0.05, 0.1) is 0 Å². The van der Waals surface area contributed by atoms with Crippen molar-refractivity contribution in [2.45, 2.75) is 10.7 Å². The van der Waals surface area contributed by atoms with E-state index < -0.39 is 9.70 Å². The highest BCUT2D eigenvalue weighted by Gasteiger charge is 2.30. The molecule has 0 bridgehead atoms. The lowest BCUT2D eigenvalue weighted by atomic mass is 10.2. The minimum atomic E-state index is -2.02. The van der Waals surface area contributed by atoms with Crippen molar-refractivity contribution in [3.8, 4) is 0 Å². The summed E-state index contributed by atoms with van der Waals surface area (Å²) in [5.74, 6) is -0.975. The molecular formula is C10H9Cl3N2O2. The fourth-order valence-corrected chi connectivity index (χ4v) is 1.22. The second-order valence-electron chi connectivity index (χ2n) is 3.21. The molecular weight excluding hydrogens is 286 g/mol. The normalized spacial score (nSPS) is 10.8. The van der Waals surface area contributed by atoms with E-state index in [4.69, 9.17) is 34.8 Å². The third kappa shape index (κ3) is 4.81. The Hall–Kier alpha value is -0.970. The number of amides is 2. The molecule has 0 saturated heterocycles. The molecule has 0 fully saturated rings. The van der Waals surface area contributed by atoms with Crippen LogP contribution in [0.4, 0.5) is 11.4 Å². The van der Waals surface area contributed by atoms with E-state index in [0.717, 1.165) is 0 Å². The van der Waals surface area contributed by atoms with Crippen LogP contribution in [0.15, 0.2) is 24.3 Å². The van der Waals surface area contributed by atoms with Gasteiger partial charge in [0.15, 0.2) is 0 Å². The molecule has 0 aliphatic carbocycles. The van der Waals surface area contributed by atoms with Crippen LogP contribution < -0.4 is 10.6 Å². The van der Waals surface area contributed by atoms with E-state index in [0.29, 0.717) is 11.4 Å². The van der Waals surface area contributed by atoms with Crippen molar-refractivity contribution in [2.24, 2.45) is 0 Å². The third-order valence-electron chi connectivity index (χ3n) is 1.70. The Kier molecular flexibility index (Phi) is 4.62. The van der Waals surface area contributed by atoms with Crippen molar-refractivity contribution < 1.29 is 9.59 Å². The highest BCUT2D eigenvalue weighted by Crippen LogP contribution is 2.28. The van der Waals surface area contributed by atoms with Gasteiger partial charge in [-0.3, -0.25) is 9.59 Å². The topological polar surface area (TPSA) is 58.2 Å². The molecule has 4 nitrogen and oxygen atoms in total. The summed E-state index contributed by atoms with van der Waals surface area (Å²) in [7, 11) is 0. The first kappa shape index (κ1) is 14.1. The van der Waals surface area contributed by atoms with Gasteiger partial charge >= 0.3 is 0 Å². The standard InChI is InChI=1S/C10H9Cl3N2O2/c1-6(16)14-7-3-2-4-8(5-7)15-9(17)10(11,12)13/h2-5H,1H3,(H,14,16)(H,15,17). The van der Waals surface area contributed by atoms with Crippen LogP contribution in [0.2, 0.25) is 0 Å². The molecule has 0 saturated carbocycles. The molecule has 2 N–H and O–H groups in total. The zero-order valence-electron chi connectivity index (χ0n) is 8.76. The van der Waals surface area contributed by atoms with Crippen molar-refractivity contribution in [2.75, 3.05) is 10.6 Å². The number of carbonyl (C=O) groups excluding carboxylic acids is 2. The molecule has 1 rings (SSSR count). The Morgan fingerprint density at radius 3 is 2.12 bits per heavy atom. The average Bonchev–Trinajstić information content (AvgIpc) is 2.15. The highest BCUT2D eigenvalue weighted by atomic mass is 35.6. The van der Waals surface area contributed by atoms with Crippen molar-refractivity contribution in [1.29, 1.82) is 0 Å². The number of carbonyl (C=O) groups is 2. The molecule has 0 aromatic heterocycles. The molecule has 17 heavy (non-hydrogen) atoms. The number of anilines is 2. The molecule has 1 aromatic rings. The van der Waals surface area contributed by atoms with E-state index in [2.05, 4.69) is 10.6 Å². The molecule has 0 unspecified atom stereocenters. The summed E-state index contributed by atoms with van der Waals surface area (Å²) in [6.07, 6.45) is 0. The lowest BCUT2D eigenvalue weighted by Gasteiger charge is -2.12. The van der Waals surface area contributed by atoms with Crippen molar-refractivity contribution in [3.05, 3.63) is 24.3 Å². The predicted molar refractivity (Wildman–Crippen MR) is 69.7 cm³/mol. The van der Waals surface area contributed by atoms with E-state index in [-0.39, 0.29) is 5.91 Å². The van der Waals surface area contributed by atoms with Crippen LogP contribution in [0, 0.1) is 0 Å². The zero-order valence-corrected chi connectivity index (χ0v) is 11.0. The fraction of sp³-hybridized carbons (Fsp3) is 0.200. The maximum Gasteiger partial charge on any atom is 0.276 e. The lowest BCUT2D eigenvalue weighted by Crippen LogP contribution is -2.26. The second kappa shape index (κ2) is 5.58. The Bertz CT molecular complexity index is 443. The molecule has 0 spiro atoms. The molecule has 2 amide bonds. The number of benzene rings is 1. The quantitative estimate of drug-likeness (QED) is 0.824. The Morgan fingerprint density at radius 1 is 1.12 bits per heavy atom. The minimum Gasteiger partial charge on any atom is -0.326 e. The number of hydrogen-bond donors (Lipinski definition) is 2. The summed E-state index contributed by atoms with van der Waals surface area (Å²) in [5.41, 5.74) is 0.965. The van der Waals surface area contributed by atoms with Crippen LogP contribution >= 0.6 is 34.8 Å². The Morgan fingerprint density at radius 2 is 1.65 bits per heavy atom. The Balaban J connectivity index is 2.79. The monoisotopic (exact) mass is 294 g/mol. The van der Waals surface area contributed by atoms with Gasteiger partial charge in [0, 0.05) is 18.3 Å². The molecule has 7 heteroatoms. The summed E-state index contributed by atoms with van der Waals surface area (Å²) < 4.78 is -2.02. The van der Waals surface area contributed by atoms with Crippen LogP contribution in [0.1, 0.15) is 6.92 Å². The summed E-state index contributed by atoms with van der Waals surface area (Å²) in [6, 6.07) is 6.49. The highest BCUT2D eigenvalue weighted by molar-refractivity contribution is 6.76. The second-order valence-corrected chi connectivity index (χ2v) is 5.50. The largest absolute Gasteiger partial charge is 0.326 e. The average molecular weight is 296 g/mol. The summed E-state index contributed by atoms with van der Waals surface area (Å²) in [4.78, 5) is 22.2. The van der Waals surface area contributed by atoms with Gasteiger partial charge in [0.2, 0.25) is 5.91 Å². The predicted octanol–water partition coefficient (Wildman–Crippen LogP) is 2.95. The summed E-state index contributed by atoms with van der Waals surface area (Å²) in [6.45, 7) is 1.38. The summed E-state index contributed by atoms with van der Waals surface area (Å²) >= 11 is 16.2. The van der Waals surface area contributed by atoms with Gasteiger partial charge in [0.1, 0.15) is 0 Å². The maximum atomic E-state index is 11.4. The van der Waals surface area contributed by atoms with E-state index in [1.165, 1.54) is 6.92 Å². The number of halogens is 3. The summed E-state index contributed by atoms with van der Waals surface area (Å²) in [5, 5.41) is 4.98. The molecule has 0 atom stereocenters. The lowest BCUT2D eigenvalue weighted by molar-refractivity contribution is -0.115. The number of nitrogens with one attached hydrogen (secondary N) is 2. The first-order valence-electron chi connectivity index (χ1n) is 4.55. The first-order chi connectivity index (χ1) is 7.79. The zero-order chi connectivity index (χ0) is 13.1. The number of rotatable bonds is 2. The number of alkyl halides is 3. The van der Waals surface area contributed by atoms with E-state index >= 15 is 0 Å². The van der Waals surface area contributed by atoms with Gasteiger partial charge in [-0.25, -0.2) is 0 Å². The van der Waals surface area contributed by atoms with Gasteiger partial charge in [0.25, 0.3) is 9.70 Å².